The maximum Gasteiger partial charge on any atom is 0.433 e. The van der Waals surface area contributed by atoms with Gasteiger partial charge in [-0.05, 0) is 61.6 Å². The van der Waals surface area contributed by atoms with Crippen LogP contribution < -0.4 is 9.42 Å². The van der Waals surface area contributed by atoms with Crippen LogP contribution in [0, 0.1) is 23.2 Å². The highest BCUT2D eigenvalue weighted by Gasteiger charge is 2.56. The van der Waals surface area contributed by atoms with E-state index in [1.165, 1.54) is 0 Å². The van der Waals surface area contributed by atoms with Gasteiger partial charge in [-0.1, -0.05) is 0 Å². The first-order valence-electron chi connectivity index (χ1n) is 15.6. The van der Waals surface area contributed by atoms with Gasteiger partial charge in [0.1, 0.15) is 30.2 Å². The van der Waals surface area contributed by atoms with Crippen molar-refractivity contribution in [2.75, 3.05) is 13.1 Å². The van der Waals surface area contributed by atoms with Crippen molar-refractivity contribution in [1.29, 1.82) is 5.26 Å². The van der Waals surface area contributed by atoms with Crippen LogP contribution in [-0.4, -0.2) is 60.3 Å². The number of nitrogens with zero attached hydrogens (tertiary/aromatic N) is 6. The molecule has 0 amide bonds. The number of pyridine rings is 1. The summed E-state index contributed by atoms with van der Waals surface area (Å²) in [5.41, 5.74) is 1.77. The fourth-order valence-electron chi connectivity index (χ4n) is 7.60. The van der Waals surface area contributed by atoms with E-state index in [9.17, 15) is 23.5 Å². The lowest BCUT2D eigenvalue weighted by molar-refractivity contribution is -0.825. The summed E-state index contributed by atoms with van der Waals surface area (Å²) < 4.78 is 49.1. The third-order valence-corrected chi connectivity index (χ3v) is 9.94. The maximum atomic E-state index is 13.7. The number of halogens is 3. The highest BCUT2D eigenvalue weighted by Crippen LogP contribution is 2.50. The third kappa shape index (κ3) is 6.01. The molecule has 5 heterocycles. The smallest absolute Gasteiger partial charge is 0.433 e. The quantitative estimate of drug-likeness (QED) is 0.239. The molecule has 1 atom stereocenters. The lowest BCUT2D eigenvalue weighted by atomic mass is 9.59. The van der Waals surface area contributed by atoms with Gasteiger partial charge in [-0.25, -0.2) is 15.0 Å². The zero-order valence-electron chi connectivity index (χ0n) is 24.8. The second-order valence-corrected chi connectivity index (χ2v) is 12.9. The molecule has 3 N–H and O–H groups in total. The molecule has 45 heavy (non-hydrogen) atoms. The molecule has 2 aliphatic carbocycles. The molecule has 4 aromatic rings. The van der Waals surface area contributed by atoms with E-state index in [2.05, 4.69) is 35.8 Å². The molecule has 0 spiro atoms. The number of likely N-dealkylation sites (tertiary alicyclic amines) is 1. The Morgan fingerprint density at radius 2 is 1.96 bits per heavy atom. The minimum atomic E-state index is -4.57. The molecule has 13 heteroatoms. The Balaban J connectivity index is 0.982. The van der Waals surface area contributed by atoms with E-state index in [-0.39, 0.29) is 17.5 Å². The number of ether oxygens (including phenoxy) is 1. The zero-order chi connectivity index (χ0) is 31.2. The van der Waals surface area contributed by atoms with E-state index in [4.69, 9.17) is 4.74 Å². The van der Waals surface area contributed by atoms with Crippen molar-refractivity contribution < 1.29 is 27.7 Å². The van der Waals surface area contributed by atoms with Crippen LogP contribution in [0.3, 0.4) is 0 Å². The number of hydrogen-bond acceptors (Lipinski definition) is 7. The second kappa shape index (κ2) is 11.7. The van der Waals surface area contributed by atoms with Crippen molar-refractivity contribution in [1.82, 2.24) is 29.9 Å². The standard InChI is InChI=1S/C32H35F3N8O2/c33-32(34,35)27-11-20(16-42-10-6-24(44)18-42)12-28(41-27)45-25-3-1-21(2-4-25)22-13-31(14-22,7-8-36)43-17-23(15-40-43)29-26-5-9-37-30(26)39-19-38-29/h5,9,11-12,15,17,19,21-22,24-25,44H,1-4,6-7,10,13-14,16,18H2,(H,37,38,39)/p+1/t21?,22?,24-,25?,31?/m1/s1. The summed E-state index contributed by atoms with van der Waals surface area (Å²) in [6.45, 7) is 1.40. The number of hydrogen-bond donors (Lipinski definition) is 3. The summed E-state index contributed by atoms with van der Waals surface area (Å²) in [5.74, 6) is 0.946. The summed E-state index contributed by atoms with van der Waals surface area (Å²) in [4.78, 5) is 17.7. The molecule has 0 bridgehead atoms. The molecule has 1 aliphatic heterocycles. The Hall–Kier alpha value is -4.02. The highest BCUT2D eigenvalue weighted by molar-refractivity contribution is 5.89. The number of rotatable bonds is 8. The number of nitrogens with one attached hydrogen (secondary N) is 2. The molecule has 3 fully saturated rings. The van der Waals surface area contributed by atoms with Gasteiger partial charge in [0.25, 0.3) is 0 Å². The number of alkyl halides is 3. The first kappa shape index (κ1) is 29.7. The van der Waals surface area contributed by atoms with Crippen LogP contribution in [0.4, 0.5) is 13.2 Å². The van der Waals surface area contributed by atoms with Crippen molar-refractivity contribution in [2.24, 2.45) is 11.8 Å². The fourth-order valence-corrected chi connectivity index (χ4v) is 7.60. The van der Waals surface area contributed by atoms with Crippen molar-refractivity contribution in [3.05, 3.63) is 54.4 Å². The normalized spacial score (nSPS) is 27.4. The van der Waals surface area contributed by atoms with Crippen LogP contribution in [-0.2, 0) is 18.3 Å². The average Bonchev–Trinajstić information content (AvgIpc) is 3.76. The zero-order valence-corrected chi connectivity index (χ0v) is 24.8. The number of aromatic amines is 2. The van der Waals surface area contributed by atoms with Crippen LogP contribution in [0.25, 0.3) is 22.3 Å². The molecular formula is C32H36F3N8O2+. The molecule has 0 radical (unpaired) electrons. The van der Waals surface area contributed by atoms with Gasteiger partial charge >= 0.3 is 6.18 Å². The maximum absolute atomic E-state index is 13.7. The number of β-amino-alcohol motifs (C(OH)–C–C–N with tert-alkyl or cyclic N) is 1. The third-order valence-electron chi connectivity index (χ3n) is 9.94. The van der Waals surface area contributed by atoms with E-state index < -0.39 is 18.0 Å². The van der Waals surface area contributed by atoms with E-state index in [0.29, 0.717) is 49.9 Å². The summed E-state index contributed by atoms with van der Waals surface area (Å²) in [5, 5.41) is 23.8. The first-order valence-corrected chi connectivity index (χ1v) is 15.6. The monoisotopic (exact) mass is 621 g/mol. The number of aromatic nitrogens is 6. The molecule has 0 unspecified atom stereocenters. The Morgan fingerprint density at radius 1 is 1.13 bits per heavy atom. The van der Waals surface area contributed by atoms with Crippen molar-refractivity contribution >= 4 is 11.0 Å². The number of aliphatic hydroxyl groups is 1. The summed E-state index contributed by atoms with van der Waals surface area (Å²) >= 11 is 0. The molecule has 10 nitrogen and oxygen atoms in total. The van der Waals surface area contributed by atoms with Crippen LogP contribution in [0.5, 0.6) is 5.88 Å². The van der Waals surface area contributed by atoms with Crippen LogP contribution in [0.15, 0.2) is 43.1 Å². The van der Waals surface area contributed by atoms with Crippen molar-refractivity contribution in [3.8, 4) is 23.2 Å². The lowest BCUT2D eigenvalue weighted by Crippen LogP contribution is -2.65. The number of nitriles is 1. The Morgan fingerprint density at radius 3 is 2.69 bits per heavy atom. The Bertz CT molecular complexity index is 1700. The molecule has 7 rings (SSSR count). The summed E-state index contributed by atoms with van der Waals surface area (Å²) in [6, 6.07) is 7.04. The predicted molar refractivity (Wildman–Crippen MR) is 156 cm³/mol. The van der Waals surface area contributed by atoms with Gasteiger partial charge in [-0.2, -0.15) is 23.5 Å². The van der Waals surface area contributed by atoms with E-state index in [1.54, 1.807) is 12.4 Å². The van der Waals surface area contributed by atoms with Gasteiger partial charge in [-0.15, -0.1) is 4.68 Å². The van der Waals surface area contributed by atoms with Crippen LogP contribution in [0.1, 0.15) is 62.6 Å². The molecule has 0 aromatic carbocycles. The second-order valence-electron chi connectivity index (χ2n) is 12.9. The molecular weight excluding hydrogens is 585 g/mol. The Labute approximate surface area is 258 Å². The largest absolute Gasteiger partial charge is 0.474 e. The van der Waals surface area contributed by atoms with Crippen molar-refractivity contribution in [2.45, 2.75) is 81.8 Å². The van der Waals surface area contributed by atoms with Gasteiger partial charge in [-0.3, -0.25) is 4.90 Å². The topological polar surface area (TPSA) is 131 Å². The van der Waals surface area contributed by atoms with Gasteiger partial charge in [0.05, 0.1) is 29.6 Å². The fraction of sp³-hybridized carbons (Fsp3) is 0.531. The SMILES string of the molecule is N#CCC1([n+]2cc(-c3ncnc4[nH]ccc34)c[nH]2)CC(C2CCC(Oc3cc(CN4CC[C@@H](O)C4)cc(C(F)(F)F)n3)CC2)C1. The predicted octanol–water partition coefficient (Wildman–Crippen LogP) is 4.88. The number of H-pyrrole nitrogens is 2. The van der Waals surface area contributed by atoms with Crippen LogP contribution >= 0.6 is 0 Å². The summed E-state index contributed by atoms with van der Waals surface area (Å²) in [7, 11) is 0. The number of fused-ring (bicyclic) bond motifs is 1. The number of aliphatic hydroxyl groups excluding tert-OH is 1. The summed E-state index contributed by atoms with van der Waals surface area (Å²) in [6.07, 6.45) is 8.25. The van der Waals surface area contributed by atoms with E-state index in [0.717, 1.165) is 66.9 Å². The van der Waals surface area contributed by atoms with Gasteiger partial charge < -0.3 is 14.8 Å². The van der Waals surface area contributed by atoms with Crippen molar-refractivity contribution in [3.63, 3.8) is 0 Å². The molecule has 3 aliphatic rings. The molecule has 2 saturated carbocycles. The van der Waals surface area contributed by atoms with Gasteiger partial charge in [0.2, 0.25) is 17.6 Å². The molecule has 1 saturated heterocycles. The highest BCUT2D eigenvalue weighted by atomic mass is 19.4. The Kier molecular flexibility index (Phi) is 7.73. The first-order chi connectivity index (χ1) is 21.7. The molecule has 236 valence electrons. The average molecular weight is 622 g/mol. The van der Waals surface area contributed by atoms with Crippen LogP contribution in [0.2, 0.25) is 0 Å². The lowest BCUT2D eigenvalue weighted by Gasteiger charge is -2.45. The minimum absolute atomic E-state index is 0.0132. The molecule has 4 aromatic heterocycles. The van der Waals surface area contributed by atoms with Gasteiger partial charge in [0.15, 0.2) is 0 Å². The minimum Gasteiger partial charge on any atom is -0.474 e. The van der Waals surface area contributed by atoms with E-state index in [1.807, 2.05) is 29.6 Å². The van der Waals surface area contributed by atoms with E-state index >= 15 is 0 Å². The van der Waals surface area contributed by atoms with Gasteiger partial charge in [0, 0.05) is 50.1 Å².